The molecule has 1 rings (SSSR count). The van der Waals surface area contributed by atoms with E-state index < -0.39 is 0 Å². The Hall–Kier alpha value is 0.440. The van der Waals surface area contributed by atoms with Gasteiger partial charge in [-0.1, -0.05) is 42.1 Å². The lowest BCUT2D eigenvalue weighted by molar-refractivity contribution is 0.241. The lowest BCUT2D eigenvalue weighted by Crippen LogP contribution is -2.31. The first kappa shape index (κ1) is 12.5. The van der Waals surface area contributed by atoms with Crippen LogP contribution in [0.2, 0.25) is 0 Å². The molecule has 14 heavy (non-hydrogen) atoms. The van der Waals surface area contributed by atoms with Crippen LogP contribution in [-0.2, 0) is 0 Å². The molecule has 0 unspecified atom stereocenters. The number of alkyl halides is 1. The molecule has 0 aromatic rings. The van der Waals surface area contributed by atoms with Gasteiger partial charge in [0.25, 0.3) is 0 Å². The van der Waals surface area contributed by atoms with Crippen molar-refractivity contribution in [3.05, 3.63) is 0 Å². The maximum atomic E-state index is 3.55. The van der Waals surface area contributed by atoms with E-state index in [0.717, 1.165) is 11.2 Å². The topological polar surface area (TPSA) is 3.24 Å². The Kier molecular flexibility index (Phi) is 6.88. The summed E-state index contributed by atoms with van der Waals surface area (Å²) in [6, 6.07) is 0. The van der Waals surface area contributed by atoms with Crippen molar-refractivity contribution in [3.63, 3.8) is 0 Å². The van der Waals surface area contributed by atoms with Gasteiger partial charge in [0, 0.05) is 18.4 Å². The van der Waals surface area contributed by atoms with Crippen LogP contribution in [0.1, 0.15) is 45.4 Å². The Morgan fingerprint density at radius 2 is 1.93 bits per heavy atom. The number of nitrogens with zero attached hydrogens (tertiary/aromatic N) is 1. The predicted molar refractivity (Wildman–Crippen MR) is 67.1 cm³/mol. The highest BCUT2D eigenvalue weighted by molar-refractivity contribution is 9.09. The van der Waals surface area contributed by atoms with Gasteiger partial charge in [-0.3, -0.25) is 0 Å². The summed E-state index contributed by atoms with van der Waals surface area (Å²) in [4.78, 5) is 2.65. The summed E-state index contributed by atoms with van der Waals surface area (Å²) in [6.45, 7) is 6.17. The molecule has 0 spiro atoms. The molecule has 1 fully saturated rings. The van der Waals surface area contributed by atoms with Gasteiger partial charge in [0.1, 0.15) is 0 Å². The van der Waals surface area contributed by atoms with Gasteiger partial charge in [0.2, 0.25) is 0 Å². The highest BCUT2D eigenvalue weighted by atomic mass is 79.9. The second-order valence-electron chi connectivity index (χ2n) is 4.49. The minimum absolute atomic E-state index is 1.01. The van der Waals surface area contributed by atoms with Gasteiger partial charge in [0.15, 0.2) is 0 Å². The second kappa shape index (κ2) is 7.70. The number of halogens is 1. The molecule has 0 amide bonds. The zero-order chi connectivity index (χ0) is 10.2. The maximum Gasteiger partial charge on any atom is 0.0159 e. The van der Waals surface area contributed by atoms with Crippen molar-refractivity contribution in [2.75, 3.05) is 25.0 Å². The number of hydrogen-bond donors (Lipinski definition) is 0. The number of unbranched alkanes of at least 4 members (excludes halogenated alkanes) is 1. The number of rotatable bonds is 7. The molecule has 1 nitrogen and oxygen atoms in total. The van der Waals surface area contributed by atoms with Crippen molar-refractivity contribution in [1.82, 2.24) is 4.90 Å². The van der Waals surface area contributed by atoms with Crippen LogP contribution in [0.5, 0.6) is 0 Å². The Morgan fingerprint density at radius 3 is 2.50 bits per heavy atom. The second-order valence-corrected chi connectivity index (χ2v) is 5.29. The van der Waals surface area contributed by atoms with Gasteiger partial charge < -0.3 is 4.90 Å². The highest BCUT2D eigenvalue weighted by Gasteiger charge is 2.17. The fourth-order valence-electron chi connectivity index (χ4n) is 2.35. The first-order chi connectivity index (χ1) is 6.86. The van der Waals surface area contributed by atoms with Crippen molar-refractivity contribution in [2.45, 2.75) is 45.4 Å². The summed E-state index contributed by atoms with van der Waals surface area (Å²) < 4.78 is 0. The third kappa shape index (κ3) is 4.79. The van der Waals surface area contributed by atoms with Gasteiger partial charge in [-0.2, -0.15) is 0 Å². The van der Waals surface area contributed by atoms with Crippen LogP contribution in [0.15, 0.2) is 0 Å². The zero-order valence-electron chi connectivity index (χ0n) is 9.47. The fourth-order valence-corrected chi connectivity index (χ4v) is 2.86. The molecule has 0 N–H and O–H groups in total. The summed E-state index contributed by atoms with van der Waals surface area (Å²) in [5, 5.41) is 1.13. The van der Waals surface area contributed by atoms with Crippen molar-refractivity contribution in [2.24, 2.45) is 5.92 Å². The van der Waals surface area contributed by atoms with Crippen LogP contribution in [-0.4, -0.2) is 29.9 Å². The third-order valence-corrected chi connectivity index (χ3v) is 3.57. The minimum Gasteiger partial charge on any atom is -0.302 e. The quantitative estimate of drug-likeness (QED) is 0.633. The largest absolute Gasteiger partial charge is 0.302 e. The molecule has 84 valence electrons. The summed E-state index contributed by atoms with van der Waals surface area (Å²) in [7, 11) is 0. The molecule has 1 aliphatic rings. The van der Waals surface area contributed by atoms with Gasteiger partial charge in [0.05, 0.1) is 0 Å². The van der Waals surface area contributed by atoms with Crippen LogP contribution in [0.4, 0.5) is 0 Å². The summed E-state index contributed by atoms with van der Waals surface area (Å²) in [5.74, 6) is 1.01. The van der Waals surface area contributed by atoms with Crippen LogP contribution >= 0.6 is 15.9 Å². The Balaban J connectivity index is 2.18. The van der Waals surface area contributed by atoms with E-state index in [1.165, 1.54) is 58.2 Å². The Bertz CT molecular complexity index is 132. The molecule has 0 heterocycles. The molecule has 1 aliphatic carbocycles. The molecule has 0 aromatic heterocycles. The molecular weight excluding hydrogens is 238 g/mol. The van der Waals surface area contributed by atoms with Gasteiger partial charge in [-0.15, -0.1) is 0 Å². The van der Waals surface area contributed by atoms with Crippen LogP contribution in [0, 0.1) is 5.92 Å². The maximum absolute atomic E-state index is 3.55. The Morgan fingerprint density at radius 1 is 1.21 bits per heavy atom. The lowest BCUT2D eigenvalue weighted by atomic mass is 10.1. The first-order valence-electron chi connectivity index (χ1n) is 6.15. The van der Waals surface area contributed by atoms with Gasteiger partial charge in [-0.05, 0) is 31.7 Å². The molecular formula is C12H24BrN. The average molecular weight is 262 g/mol. The molecule has 0 aliphatic heterocycles. The zero-order valence-corrected chi connectivity index (χ0v) is 11.1. The van der Waals surface area contributed by atoms with E-state index in [1.54, 1.807) is 0 Å². The molecule has 1 saturated carbocycles. The summed E-state index contributed by atoms with van der Waals surface area (Å²) in [6.07, 6.45) is 8.58. The molecule has 2 heteroatoms. The van der Waals surface area contributed by atoms with Crippen LogP contribution < -0.4 is 0 Å². The molecule has 0 aromatic carbocycles. The average Bonchev–Trinajstić information content (AvgIpc) is 2.67. The van der Waals surface area contributed by atoms with E-state index in [0.29, 0.717) is 0 Å². The molecule has 0 atom stereocenters. The van der Waals surface area contributed by atoms with E-state index >= 15 is 0 Å². The third-order valence-electron chi connectivity index (χ3n) is 3.22. The van der Waals surface area contributed by atoms with Crippen molar-refractivity contribution in [1.29, 1.82) is 0 Å². The smallest absolute Gasteiger partial charge is 0.0159 e. The fraction of sp³-hybridized carbons (Fsp3) is 1.00. The lowest BCUT2D eigenvalue weighted by Gasteiger charge is -2.24. The van der Waals surface area contributed by atoms with E-state index in [2.05, 4.69) is 27.8 Å². The van der Waals surface area contributed by atoms with Gasteiger partial charge in [-0.25, -0.2) is 0 Å². The molecule has 0 saturated heterocycles. The van der Waals surface area contributed by atoms with E-state index in [9.17, 15) is 0 Å². The highest BCUT2D eigenvalue weighted by Crippen LogP contribution is 2.25. The number of hydrogen-bond acceptors (Lipinski definition) is 1. The summed E-state index contributed by atoms with van der Waals surface area (Å²) in [5.41, 5.74) is 0. The molecule has 0 bridgehead atoms. The Labute approximate surface area is 97.4 Å². The van der Waals surface area contributed by atoms with E-state index in [1.807, 2.05) is 0 Å². The van der Waals surface area contributed by atoms with Crippen molar-refractivity contribution in [3.8, 4) is 0 Å². The predicted octanol–water partition coefficient (Wildman–Crippen LogP) is 3.67. The minimum atomic E-state index is 1.01. The van der Waals surface area contributed by atoms with E-state index in [4.69, 9.17) is 0 Å². The molecule has 0 radical (unpaired) electrons. The summed E-state index contributed by atoms with van der Waals surface area (Å²) >= 11 is 3.55. The first-order valence-corrected chi connectivity index (χ1v) is 7.27. The van der Waals surface area contributed by atoms with Crippen LogP contribution in [0.25, 0.3) is 0 Å². The van der Waals surface area contributed by atoms with Crippen molar-refractivity contribution >= 4 is 15.9 Å². The van der Waals surface area contributed by atoms with E-state index in [-0.39, 0.29) is 0 Å². The standard InChI is InChI=1S/C12H24BrN/c1-2-3-9-14(10-8-13)11-12-6-4-5-7-12/h12H,2-11H2,1H3. The normalized spacial score (nSPS) is 18.2. The SMILES string of the molecule is CCCCN(CCBr)CC1CCCC1. The van der Waals surface area contributed by atoms with Crippen LogP contribution in [0.3, 0.4) is 0 Å². The van der Waals surface area contributed by atoms with Gasteiger partial charge >= 0.3 is 0 Å². The monoisotopic (exact) mass is 261 g/mol. The van der Waals surface area contributed by atoms with Crippen molar-refractivity contribution < 1.29 is 0 Å².